The number of rotatable bonds is 4. The van der Waals surface area contributed by atoms with Crippen molar-refractivity contribution in [1.82, 2.24) is 0 Å². The van der Waals surface area contributed by atoms with Gasteiger partial charge in [0.05, 0.1) is 4.92 Å². The quantitative estimate of drug-likeness (QED) is 0.672. The van der Waals surface area contributed by atoms with E-state index in [1.54, 1.807) is 12.1 Å². The SMILES string of the molecule is O=[N+]([O-])c1ccc(NCc2ccccc2Cl)cc1. The largest absolute Gasteiger partial charge is 0.381 e. The minimum Gasteiger partial charge on any atom is -0.381 e. The number of nitro benzene ring substituents is 1. The molecule has 18 heavy (non-hydrogen) atoms. The van der Waals surface area contributed by atoms with Gasteiger partial charge in [-0.25, -0.2) is 0 Å². The summed E-state index contributed by atoms with van der Waals surface area (Å²) in [5, 5.41) is 14.4. The van der Waals surface area contributed by atoms with E-state index in [-0.39, 0.29) is 5.69 Å². The molecule has 0 spiro atoms. The van der Waals surface area contributed by atoms with Gasteiger partial charge in [-0.2, -0.15) is 0 Å². The van der Waals surface area contributed by atoms with Gasteiger partial charge in [-0.15, -0.1) is 0 Å². The van der Waals surface area contributed by atoms with Crippen LogP contribution in [-0.4, -0.2) is 4.92 Å². The average molecular weight is 263 g/mol. The molecule has 0 bridgehead atoms. The van der Waals surface area contributed by atoms with E-state index in [9.17, 15) is 10.1 Å². The van der Waals surface area contributed by atoms with E-state index < -0.39 is 4.92 Å². The number of non-ortho nitro benzene ring substituents is 1. The molecule has 0 fully saturated rings. The zero-order chi connectivity index (χ0) is 13.0. The Balaban J connectivity index is 2.02. The normalized spacial score (nSPS) is 10.1. The number of benzene rings is 2. The fourth-order valence-corrected chi connectivity index (χ4v) is 1.74. The maximum absolute atomic E-state index is 10.5. The zero-order valence-corrected chi connectivity index (χ0v) is 10.2. The van der Waals surface area contributed by atoms with Crippen molar-refractivity contribution >= 4 is 23.0 Å². The number of anilines is 1. The third kappa shape index (κ3) is 2.99. The van der Waals surface area contributed by atoms with E-state index >= 15 is 0 Å². The second kappa shape index (κ2) is 5.51. The van der Waals surface area contributed by atoms with Gasteiger partial charge in [-0.05, 0) is 23.8 Å². The predicted molar refractivity (Wildman–Crippen MR) is 71.9 cm³/mol. The standard InChI is InChI=1S/C13H11ClN2O2/c14-13-4-2-1-3-10(13)9-15-11-5-7-12(8-6-11)16(17)18/h1-8,15H,9H2. The van der Waals surface area contributed by atoms with Crippen LogP contribution in [0.3, 0.4) is 0 Å². The molecule has 2 aromatic rings. The Bertz CT molecular complexity index is 555. The van der Waals surface area contributed by atoms with Crippen LogP contribution in [0.5, 0.6) is 0 Å². The molecule has 2 rings (SSSR count). The van der Waals surface area contributed by atoms with Gasteiger partial charge in [-0.1, -0.05) is 29.8 Å². The van der Waals surface area contributed by atoms with Crippen LogP contribution in [-0.2, 0) is 6.54 Å². The lowest BCUT2D eigenvalue weighted by Crippen LogP contribution is -1.99. The summed E-state index contributed by atoms with van der Waals surface area (Å²) in [4.78, 5) is 10.1. The fourth-order valence-electron chi connectivity index (χ4n) is 1.54. The molecule has 0 amide bonds. The topological polar surface area (TPSA) is 55.2 Å². The van der Waals surface area contributed by atoms with Crippen LogP contribution in [0.1, 0.15) is 5.56 Å². The minimum atomic E-state index is -0.419. The summed E-state index contributed by atoms with van der Waals surface area (Å²) >= 11 is 6.03. The Hall–Kier alpha value is -2.07. The Morgan fingerprint density at radius 3 is 2.39 bits per heavy atom. The molecule has 0 saturated heterocycles. The number of hydrogen-bond acceptors (Lipinski definition) is 3. The summed E-state index contributed by atoms with van der Waals surface area (Å²) in [5.41, 5.74) is 1.89. The molecule has 0 aliphatic rings. The second-order valence-electron chi connectivity index (χ2n) is 3.75. The van der Waals surface area contributed by atoms with Crippen molar-refractivity contribution in [3.63, 3.8) is 0 Å². The summed E-state index contributed by atoms with van der Waals surface area (Å²) in [5.74, 6) is 0. The van der Waals surface area contributed by atoms with Crippen LogP contribution in [0.4, 0.5) is 11.4 Å². The van der Waals surface area contributed by atoms with Crippen molar-refractivity contribution < 1.29 is 4.92 Å². The summed E-state index contributed by atoms with van der Waals surface area (Å²) in [6.45, 7) is 0.581. The lowest BCUT2D eigenvalue weighted by molar-refractivity contribution is -0.384. The van der Waals surface area contributed by atoms with Crippen LogP contribution in [0.15, 0.2) is 48.5 Å². The van der Waals surface area contributed by atoms with Crippen molar-refractivity contribution in [1.29, 1.82) is 0 Å². The number of nitrogens with one attached hydrogen (secondary N) is 1. The summed E-state index contributed by atoms with van der Waals surface area (Å²) in [6, 6.07) is 13.8. The number of nitrogens with zero attached hydrogens (tertiary/aromatic N) is 1. The van der Waals surface area contributed by atoms with Gasteiger partial charge in [0.2, 0.25) is 0 Å². The maximum Gasteiger partial charge on any atom is 0.269 e. The van der Waals surface area contributed by atoms with Gasteiger partial charge in [0.1, 0.15) is 0 Å². The van der Waals surface area contributed by atoms with Crippen LogP contribution in [0.2, 0.25) is 5.02 Å². The highest BCUT2D eigenvalue weighted by atomic mass is 35.5. The van der Waals surface area contributed by atoms with Gasteiger partial charge >= 0.3 is 0 Å². The van der Waals surface area contributed by atoms with Crippen LogP contribution >= 0.6 is 11.6 Å². The van der Waals surface area contributed by atoms with Crippen molar-refractivity contribution in [3.05, 3.63) is 69.2 Å². The van der Waals surface area contributed by atoms with Gasteiger partial charge in [0.25, 0.3) is 5.69 Å². The lowest BCUT2D eigenvalue weighted by atomic mass is 10.2. The van der Waals surface area contributed by atoms with E-state index in [4.69, 9.17) is 11.6 Å². The van der Waals surface area contributed by atoms with E-state index in [0.29, 0.717) is 11.6 Å². The van der Waals surface area contributed by atoms with E-state index in [1.165, 1.54) is 12.1 Å². The Morgan fingerprint density at radius 2 is 1.78 bits per heavy atom. The highest BCUT2D eigenvalue weighted by Gasteiger charge is 2.04. The molecule has 92 valence electrons. The third-order valence-corrected chi connectivity index (χ3v) is 2.89. The number of nitro groups is 1. The molecule has 0 unspecified atom stereocenters. The molecule has 4 nitrogen and oxygen atoms in total. The molecule has 2 aromatic carbocycles. The molecule has 0 radical (unpaired) electrons. The Labute approximate surface area is 109 Å². The highest BCUT2D eigenvalue weighted by Crippen LogP contribution is 2.19. The molecular formula is C13H11ClN2O2. The third-order valence-electron chi connectivity index (χ3n) is 2.52. The minimum absolute atomic E-state index is 0.0818. The number of hydrogen-bond donors (Lipinski definition) is 1. The Morgan fingerprint density at radius 1 is 1.11 bits per heavy atom. The van der Waals surface area contributed by atoms with Crippen molar-refractivity contribution in [3.8, 4) is 0 Å². The van der Waals surface area contributed by atoms with Gasteiger partial charge in [0.15, 0.2) is 0 Å². The van der Waals surface area contributed by atoms with Gasteiger partial charge in [0, 0.05) is 29.4 Å². The van der Waals surface area contributed by atoms with E-state index in [1.807, 2.05) is 24.3 Å². The zero-order valence-electron chi connectivity index (χ0n) is 9.47. The van der Waals surface area contributed by atoms with Crippen LogP contribution in [0.25, 0.3) is 0 Å². The molecule has 0 aliphatic heterocycles. The highest BCUT2D eigenvalue weighted by molar-refractivity contribution is 6.31. The van der Waals surface area contributed by atoms with Crippen molar-refractivity contribution in [2.45, 2.75) is 6.54 Å². The second-order valence-corrected chi connectivity index (χ2v) is 4.16. The molecule has 0 aliphatic carbocycles. The first-order valence-electron chi connectivity index (χ1n) is 5.38. The summed E-state index contributed by atoms with van der Waals surface area (Å²) < 4.78 is 0. The van der Waals surface area contributed by atoms with Gasteiger partial charge < -0.3 is 5.32 Å². The summed E-state index contributed by atoms with van der Waals surface area (Å²) in [7, 11) is 0. The fraction of sp³-hybridized carbons (Fsp3) is 0.0769. The molecule has 0 atom stereocenters. The maximum atomic E-state index is 10.5. The first kappa shape index (κ1) is 12.4. The molecular weight excluding hydrogens is 252 g/mol. The van der Waals surface area contributed by atoms with E-state index in [0.717, 1.165) is 11.3 Å². The predicted octanol–water partition coefficient (Wildman–Crippen LogP) is 3.86. The Kier molecular flexibility index (Phi) is 3.79. The van der Waals surface area contributed by atoms with Crippen molar-refractivity contribution in [2.24, 2.45) is 0 Å². The molecule has 1 N–H and O–H groups in total. The van der Waals surface area contributed by atoms with Crippen LogP contribution in [0, 0.1) is 10.1 Å². The number of halogens is 1. The van der Waals surface area contributed by atoms with Crippen molar-refractivity contribution in [2.75, 3.05) is 5.32 Å². The monoisotopic (exact) mass is 262 g/mol. The van der Waals surface area contributed by atoms with Gasteiger partial charge in [-0.3, -0.25) is 10.1 Å². The first-order valence-corrected chi connectivity index (χ1v) is 5.76. The lowest BCUT2D eigenvalue weighted by Gasteiger charge is -2.07. The van der Waals surface area contributed by atoms with Crippen LogP contribution < -0.4 is 5.32 Å². The molecule has 0 saturated carbocycles. The smallest absolute Gasteiger partial charge is 0.269 e. The summed E-state index contributed by atoms with van der Waals surface area (Å²) in [6.07, 6.45) is 0. The molecule has 5 heteroatoms. The molecule has 0 heterocycles. The first-order chi connectivity index (χ1) is 8.66. The van der Waals surface area contributed by atoms with E-state index in [2.05, 4.69) is 5.32 Å². The average Bonchev–Trinajstić information content (AvgIpc) is 2.38. The molecule has 0 aromatic heterocycles.